The number of likely N-dealkylation sites (tertiary alicyclic amines) is 1. The molecule has 1 fully saturated rings. The fraction of sp³-hybridized carbons (Fsp3) is 0.549. The molecule has 0 saturated carbocycles. The van der Waals surface area contributed by atoms with E-state index in [9.17, 15) is 69.1 Å². The zero-order chi connectivity index (χ0) is 111. The average Bonchev–Trinajstić information content (AvgIpc) is 1.71. The molecule has 0 bridgehead atoms. The summed E-state index contributed by atoms with van der Waals surface area (Å²) in [5.41, 5.74) is 53.0. The number of anilines is 1. The number of nitrogens with one attached hydrogen (secondary N) is 25. The van der Waals surface area contributed by atoms with E-state index in [0.717, 1.165) is 22.4 Å². The lowest BCUT2D eigenvalue weighted by Gasteiger charge is -2.28. The molecule has 2 aromatic carbocycles. The van der Waals surface area contributed by atoms with Crippen LogP contribution in [0.2, 0.25) is 0 Å². The Labute approximate surface area is 869 Å². The van der Waals surface area contributed by atoms with Gasteiger partial charge in [-0.15, -0.1) is 11.8 Å². The summed E-state index contributed by atoms with van der Waals surface area (Å²) in [6.45, 7) is 9.44. The number of nitrogens with two attached hydrogens (primary N) is 9. The van der Waals surface area contributed by atoms with Crippen LogP contribution in [-0.4, -0.2) is 286 Å². The zero-order valence-electron chi connectivity index (χ0n) is 84.3. The molecule has 824 valence electrons. The highest BCUT2D eigenvalue weighted by Gasteiger charge is 2.44. The molecule has 58 heteroatoms. The molecule has 12 amide bonds. The van der Waals surface area contributed by atoms with Crippen molar-refractivity contribution in [3.8, 4) is 0 Å². The van der Waals surface area contributed by atoms with Crippen LogP contribution in [0.1, 0.15) is 181 Å². The number of primary amides is 1. The first-order valence-electron chi connectivity index (χ1n) is 48.5. The minimum absolute atomic E-state index is 0.00271. The average molecular weight is 2150 g/mol. The number of aliphatic imine (C=N–C) groups is 1. The van der Waals surface area contributed by atoms with Gasteiger partial charge in [-0.3, -0.25) is 120 Å². The van der Waals surface area contributed by atoms with Crippen LogP contribution in [0.4, 0.5) is 11.4 Å². The number of carbonyl (C=O) groups is 12. The fourth-order valence-corrected chi connectivity index (χ4v) is 18.3. The SMILES string of the molecule is C[C@H](CCCNC(=N)N)C(=O)N[C@H](CCCNC(=N)N)C(=O)N[C@H](CCCNC(=N)N)C(=O)N[C@H](CCCNC(=N)N)C(=O)N[C@H](CCCNC(=N)N)C(=O)N[C@H](CCCNC(=N)N)C(=O)N[C@H](CCCNC(=N)N)C(=O)N[C@H](CCCNC(=N)N)C(=O)N[C@H](CSC1CC(=O)N(CCNC(=O)CCCCCN2/C(=C/C=C/C=C/C=C/C3=Nc4ccc(S(=O)(=O)O)cc4C3(C)C)C(C)(C)c3cc(S(=O)(=O)O)ccc32)C1=O)C(N)=O. The number of unbranched alkanes of at least 4 members (excludes halogenated alkanes) is 2. The number of thioether (sulfide) groups is 1. The highest BCUT2D eigenvalue weighted by Crippen LogP contribution is 2.49. The molecule has 45 N–H and O–H groups in total. The van der Waals surface area contributed by atoms with E-state index in [-0.39, 0.29) is 196 Å². The van der Waals surface area contributed by atoms with Gasteiger partial charge in [0.15, 0.2) is 47.7 Å². The van der Waals surface area contributed by atoms with Crippen LogP contribution >= 0.6 is 11.8 Å². The van der Waals surface area contributed by atoms with E-state index in [4.69, 9.17) is 94.9 Å². The first-order valence-corrected chi connectivity index (χ1v) is 52.5. The van der Waals surface area contributed by atoms with Crippen LogP contribution in [0.5, 0.6) is 0 Å². The van der Waals surface area contributed by atoms with Gasteiger partial charge in [-0.2, -0.15) is 16.8 Å². The van der Waals surface area contributed by atoms with Gasteiger partial charge < -0.3 is 147 Å². The summed E-state index contributed by atoms with van der Waals surface area (Å²) in [4.78, 5) is 179. The molecule has 149 heavy (non-hydrogen) atoms. The zero-order valence-corrected chi connectivity index (χ0v) is 86.8. The first kappa shape index (κ1) is 125. The van der Waals surface area contributed by atoms with Crippen molar-refractivity contribution in [2.45, 2.75) is 244 Å². The van der Waals surface area contributed by atoms with Crippen molar-refractivity contribution in [1.82, 2.24) is 95.3 Å². The second-order valence-corrected chi connectivity index (χ2v) is 40.7. The van der Waals surface area contributed by atoms with Crippen molar-refractivity contribution in [2.24, 2.45) is 62.5 Å². The normalized spacial score (nSPS) is 16.0. The fourth-order valence-electron chi connectivity index (χ4n) is 16.1. The van der Waals surface area contributed by atoms with Gasteiger partial charge in [0.2, 0.25) is 70.9 Å². The summed E-state index contributed by atoms with van der Waals surface area (Å²) in [6, 6.07) is -3.85. The third-order valence-electron chi connectivity index (χ3n) is 24.1. The molecule has 10 atom stereocenters. The lowest BCUT2D eigenvalue weighted by Crippen LogP contribution is -2.60. The molecule has 0 aliphatic carbocycles. The number of fused-ring (bicyclic) bond motifs is 2. The van der Waals surface area contributed by atoms with Crippen LogP contribution in [0.3, 0.4) is 0 Å². The van der Waals surface area contributed by atoms with Crippen LogP contribution < -0.4 is 147 Å². The number of rotatable bonds is 67. The molecule has 5 rings (SSSR count). The van der Waals surface area contributed by atoms with Gasteiger partial charge in [0.05, 0.1) is 26.4 Å². The largest absolute Gasteiger partial charge is 0.370 e. The van der Waals surface area contributed by atoms with Crippen molar-refractivity contribution in [3.63, 3.8) is 0 Å². The summed E-state index contributed by atoms with van der Waals surface area (Å²) >= 11 is 0.818. The number of amides is 12. The van der Waals surface area contributed by atoms with Crippen molar-refractivity contribution in [2.75, 3.05) is 82.6 Å². The number of nitrogens with zero attached hydrogens (tertiary/aromatic N) is 3. The molecule has 55 nitrogen and oxygen atoms in total. The number of guanidine groups is 8. The Hall–Kier alpha value is -15.0. The molecule has 3 heterocycles. The number of hydrogen-bond acceptors (Lipinski definition) is 27. The minimum Gasteiger partial charge on any atom is -0.370 e. The molecular weight excluding hydrogens is 2000 g/mol. The van der Waals surface area contributed by atoms with Crippen LogP contribution in [0, 0.1) is 49.2 Å². The molecule has 3 aliphatic rings. The van der Waals surface area contributed by atoms with Crippen molar-refractivity contribution in [3.05, 3.63) is 95.8 Å². The van der Waals surface area contributed by atoms with E-state index < -0.39 is 197 Å². The van der Waals surface area contributed by atoms with E-state index in [1.165, 1.54) is 30.3 Å². The number of carbonyl (C=O) groups excluding carboxylic acids is 12. The standard InChI is InChI=1S/C91H149N37O18S3/c1-52(22-14-37-110-82(93)94)73(132)119-58(23-15-38-111-83(95)96)74(133)120-59(24-16-39-112-84(97)98)75(134)121-60(25-17-40-113-85(99)100)76(135)122-61(26-18-41-114-86(101)102)77(136)123-62(27-19-42-115-87(103)104)78(137)124-63(28-20-43-116-88(105)106)79(138)125-64(29-21-44-117-89(107)108)80(139)126-65(72(92)131)51-147-67-50-71(130)128(81(67)140)47-45-109-70(129)32-12-9-13-46-127-66-36-34-54(149(144,145)146)49-56(66)91(4,5)69(127)31-11-8-6-7-10-30-68-90(2,3)55-48-53(148(141,142)143)33-35-57(55)118-68/h6-8,10-11,30-31,33-36,48-49,52,58-65,67H,9,12-29,32,37-47,50-51H2,1-5H3,(H2,92,131)(H,109,129)(H,119,132)(H,120,133)(H,121,134)(H,122,135)(H,123,136)(H,124,137)(H,125,138)(H,126,139)(H4,93,94,110)(H4,95,96,111)(H4,97,98,112)(H4,99,100,113)(H4,101,102,114)(H4,103,104,115)(H4,105,106,116)(H4,107,108,117)(H,141,142,143)(H,144,145,146)/b7-6+,11-8+,30-10+,69-31+/t52-,58-,59-,60-,61-,62-,63-,64-,65-,67?/m1/s1. The Morgan fingerprint density at radius 1 is 0.409 bits per heavy atom. The van der Waals surface area contributed by atoms with Crippen molar-refractivity contribution in [1.29, 1.82) is 43.3 Å². The van der Waals surface area contributed by atoms with E-state index in [1.54, 1.807) is 43.4 Å². The van der Waals surface area contributed by atoms with Gasteiger partial charge in [0, 0.05) is 119 Å². The van der Waals surface area contributed by atoms with E-state index in [0.29, 0.717) is 66.9 Å². The predicted octanol–water partition coefficient (Wildman–Crippen LogP) is -4.46. The Morgan fingerprint density at radius 3 is 1.11 bits per heavy atom. The molecule has 2 aromatic rings. The van der Waals surface area contributed by atoms with Crippen LogP contribution in [0.15, 0.2) is 99.4 Å². The topological polar surface area (TPSA) is 962 Å². The lowest BCUT2D eigenvalue weighted by atomic mass is 9.81. The number of hydrogen-bond donors (Lipinski definition) is 36. The third-order valence-corrected chi connectivity index (χ3v) is 27.1. The number of benzene rings is 2. The molecule has 0 spiro atoms. The number of imide groups is 1. The maximum atomic E-state index is 15.1. The second-order valence-electron chi connectivity index (χ2n) is 36.6. The van der Waals surface area contributed by atoms with Crippen molar-refractivity contribution < 1.29 is 83.5 Å². The summed E-state index contributed by atoms with van der Waals surface area (Å²) in [6.07, 6.45) is 13.2. The van der Waals surface area contributed by atoms with E-state index in [1.807, 2.05) is 44.7 Å². The minimum atomic E-state index is -4.57. The van der Waals surface area contributed by atoms with E-state index >= 15 is 14.4 Å². The second kappa shape index (κ2) is 61.6. The first-order chi connectivity index (χ1) is 70.1. The highest BCUT2D eigenvalue weighted by atomic mass is 32.2. The molecule has 0 radical (unpaired) electrons. The maximum absolute atomic E-state index is 15.1. The summed E-state index contributed by atoms with van der Waals surface area (Å²) in [5, 5.41) is 105. The molecule has 3 aliphatic heterocycles. The van der Waals surface area contributed by atoms with Gasteiger partial charge in [-0.25, -0.2) is 0 Å². The molecule has 0 aromatic heterocycles. The van der Waals surface area contributed by atoms with Gasteiger partial charge in [0.1, 0.15) is 48.3 Å². The maximum Gasteiger partial charge on any atom is 0.294 e. The van der Waals surface area contributed by atoms with Gasteiger partial charge in [0.25, 0.3) is 20.2 Å². The Bertz CT molecular complexity index is 5520. The van der Waals surface area contributed by atoms with Crippen LogP contribution in [-0.2, 0) is 88.6 Å². The summed E-state index contributed by atoms with van der Waals surface area (Å²) in [7, 11) is -9.00. The number of allylic oxidation sites excluding steroid dienone is 8. The van der Waals surface area contributed by atoms with E-state index in [2.05, 4.69) is 95.4 Å². The Kier molecular flexibility index (Phi) is 51.5. The summed E-state index contributed by atoms with van der Waals surface area (Å²) < 4.78 is 68.1. The molecule has 1 saturated heterocycles. The Morgan fingerprint density at radius 2 is 0.745 bits per heavy atom. The predicted molar refractivity (Wildman–Crippen MR) is 565 cm³/mol. The van der Waals surface area contributed by atoms with Crippen LogP contribution in [0.25, 0.3) is 0 Å². The van der Waals surface area contributed by atoms with Gasteiger partial charge in [-0.05, 0) is 175 Å². The van der Waals surface area contributed by atoms with Gasteiger partial charge in [-0.1, -0.05) is 71.4 Å². The van der Waals surface area contributed by atoms with Crippen molar-refractivity contribution >= 4 is 168 Å². The smallest absolute Gasteiger partial charge is 0.294 e. The Balaban J connectivity index is 1.31. The quantitative estimate of drug-likeness (QED) is 0.00742. The molecule has 1 unspecified atom stereocenters. The summed E-state index contributed by atoms with van der Waals surface area (Å²) in [5.74, 6) is -14.7. The lowest BCUT2D eigenvalue weighted by molar-refractivity contribution is -0.138. The van der Waals surface area contributed by atoms with Gasteiger partial charge >= 0.3 is 0 Å². The third kappa shape index (κ3) is 43.9. The molecular formula is C91H149N37O18S3. The monoisotopic (exact) mass is 2140 g/mol. The highest BCUT2D eigenvalue weighted by molar-refractivity contribution is 8.00.